The number of rotatable bonds is 8. The second kappa shape index (κ2) is 7.32. The summed E-state index contributed by atoms with van der Waals surface area (Å²) in [6.45, 7) is 3.39. The second-order valence-corrected chi connectivity index (χ2v) is 4.36. The normalized spacial score (nSPS) is 10.4. The van der Waals surface area contributed by atoms with Gasteiger partial charge in [-0.3, -0.25) is 0 Å². The number of imidazole rings is 1. The summed E-state index contributed by atoms with van der Waals surface area (Å²) in [5, 5.41) is 3.19. The SMILES string of the molecule is CCCOc1ncnc(NCCCc2ncc[nH]2)c1N. The molecule has 0 bridgehead atoms. The van der Waals surface area contributed by atoms with Crippen LogP contribution in [0, 0.1) is 0 Å². The fraction of sp³-hybridized carbons (Fsp3) is 0.462. The second-order valence-electron chi connectivity index (χ2n) is 4.36. The molecule has 0 amide bonds. The van der Waals surface area contributed by atoms with Gasteiger partial charge in [0, 0.05) is 25.4 Å². The Morgan fingerprint density at radius 1 is 1.35 bits per heavy atom. The minimum absolute atomic E-state index is 0.440. The average molecular weight is 276 g/mol. The van der Waals surface area contributed by atoms with Crippen LogP contribution in [0.15, 0.2) is 18.7 Å². The number of hydrogen-bond acceptors (Lipinski definition) is 6. The first-order chi connectivity index (χ1) is 9.81. The molecule has 2 aromatic rings. The molecule has 0 unspecified atom stereocenters. The van der Waals surface area contributed by atoms with Crippen LogP contribution in [0.25, 0.3) is 0 Å². The quantitative estimate of drug-likeness (QED) is 0.633. The molecule has 2 rings (SSSR count). The summed E-state index contributed by atoms with van der Waals surface area (Å²) in [5.41, 5.74) is 6.43. The van der Waals surface area contributed by atoms with Gasteiger partial charge in [-0.05, 0) is 12.8 Å². The van der Waals surface area contributed by atoms with Gasteiger partial charge in [0.2, 0.25) is 5.88 Å². The van der Waals surface area contributed by atoms with Gasteiger partial charge in [0.05, 0.1) is 6.61 Å². The lowest BCUT2D eigenvalue weighted by Gasteiger charge is -2.11. The monoisotopic (exact) mass is 276 g/mol. The molecule has 0 aliphatic heterocycles. The summed E-state index contributed by atoms with van der Waals surface area (Å²) < 4.78 is 5.46. The number of nitrogen functional groups attached to an aromatic ring is 1. The molecule has 108 valence electrons. The summed E-state index contributed by atoms with van der Waals surface area (Å²) in [6, 6.07) is 0. The highest BCUT2D eigenvalue weighted by Gasteiger charge is 2.08. The van der Waals surface area contributed by atoms with E-state index in [1.165, 1.54) is 6.33 Å². The van der Waals surface area contributed by atoms with Crippen molar-refractivity contribution >= 4 is 11.5 Å². The van der Waals surface area contributed by atoms with Gasteiger partial charge in [-0.25, -0.2) is 9.97 Å². The fourth-order valence-corrected chi connectivity index (χ4v) is 1.73. The first-order valence-corrected chi connectivity index (χ1v) is 6.76. The smallest absolute Gasteiger partial charge is 0.242 e. The number of nitrogens with two attached hydrogens (primary N) is 1. The predicted octanol–water partition coefficient (Wildman–Crippen LogP) is 1.62. The van der Waals surface area contributed by atoms with Gasteiger partial charge in [0.25, 0.3) is 0 Å². The van der Waals surface area contributed by atoms with E-state index in [1.807, 2.05) is 13.1 Å². The number of nitrogens with zero attached hydrogens (tertiary/aromatic N) is 3. The summed E-state index contributed by atoms with van der Waals surface area (Å²) in [7, 11) is 0. The molecule has 4 N–H and O–H groups in total. The number of anilines is 2. The Morgan fingerprint density at radius 2 is 2.25 bits per heavy atom. The fourth-order valence-electron chi connectivity index (χ4n) is 1.73. The average Bonchev–Trinajstić information content (AvgIpc) is 2.97. The molecule has 0 radical (unpaired) electrons. The lowest BCUT2D eigenvalue weighted by atomic mass is 10.3. The largest absolute Gasteiger partial charge is 0.476 e. The Hall–Kier alpha value is -2.31. The highest BCUT2D eigenvalue weighted by atomic mass is 16.5. The number of aryl methyl sites for hydroxylation is 1. The highest BCUT2D eigenvalue weighted by Crippen LogP contribution is 2.24. The molecule has 7 nitrogen and oxygen atoms in total. The van der Waals surface area contributed by atoms with E-state index in [4.69, 9.17) is 10.5 Å². The van der Waals surface area contributed by atoms with Crippen molar-refractivity contribution in [3.8, 4) is 5.88 Å². The maximum atomic E-state index is 5.97. The summed E-state index contributed by atoms with van der Waals surface area (Å²) in [6.07, 6.45) is 7.75. The maximum absolute atomic E-state index is 5.97. The molecule has 2 heterocycles. The van der Waals surface area contributed by atoms with Gasteiger partial charge in [-0.2, -0.15) is 4.98 Å². The van der Waals surface area contributed by atoms with E-state index in [-0.39, 0.29) is 0 Å². The van der Waals surface area contributed by atoms with Crippen molar-refractivity contribution in [3.63, 3.8) is 0 Å². The van der Waals surface area contributed by atoms with Crippen LogP contribution in [0.3, 0.4) is 0 Å². The number of H-pyrrole nitrogens is 1. The molecule has 0 saturated heterocycles. The Labute approximate surface area is 118 Å². The lowest BCUT2D eigenvalue weighted by Crippen LogP contribution is -2.10. The molecule has 0 spiro atoms. The van der Waals surface area contributed by atoms with Crippen LogP contribution in [0.2, 0.25) is 0 Å². The lowest BCUT2D eigenvalue weighted by molar-refractivity contribution is 0.306. The molecule has 0 saturated carbocycles. The molecule has 7 heteroatoms. The maximum Gasteiger partial charge on any atom is 0.242 e. The van der Waals surface area contributed by atoms with Crippen molar-refractivity contribution in [2.24, 2.45) is 0 Å². The highest BCUT2D eigenvalue weighted by molar-refractivity contribution is 5.66. The molecule has 2 aromatic heterocycles. The molecule has 0 aliphatic carbocycles. The van der Waals surface area contributed by atoms with Gasteiger partial charge in [0.1, 0.15) is 17.8 Å². The Bertz CT molecular complexity index is 514. The molecule has 0 fully saturated rings. The Kier molecular flexibility index (Phi) is 5.16. The van der Waals surface area contributed by atoms with Crippen LogP contribution in [0.1, 0.15) is 25.6 Å². The van der Waals surface area contributed by atoms with Gasteiger partial charge >= 0.3 is 0 Å². The minimum Gasteiger partial charge on any atom is -0.476 e. The van der Waals surface area contributed by atoms with Crippen molar-refractivity contribution in [3.05, 3.63) is 24.5 Å². The van der Waals surface area contributed by atoms with E-state index >= 15 is 0 Å². The van der Waals surface area contributed by atoms with Crippen molar-refractivity contribution in [1.82, 2.24) is 19.9 Å². The Morgan fingerprint density at radius 3 is 3.00 bits per heavy atom. The van der Waals surface area contributed by atoms with E-state index < -0.39 is 0 Å². The molecular weight excluding hydrogens is 256 g/mol. The standard InChI is InChI=1S/C13H20N6O/c1-2-8-20-13-11(14)12(18-9-19-13)17-5-3-4-10-15-6-7-16-10/h6-7,9H,2-5,8,14H2,1H3,(H,15,16)(H,17,18,19). The van der Waals surface area contributed by atoms with Crippen molar-refractivity contribution in [1.29, 1.82) is 0 Å². The number of aromatic nitrogens is 4. The predicted molar refractivity (Wildman–Crippen MR) is 77.6 cm³/mol. The first kappa shape index (κ1) is 14.1. The number of aromatic amines is 1. The number of ether oxygens (including phenoxy) is 1. The molecule has 0 atom stereocenters. The van der Waals surface area contributed by atoms with Crippen LogP contribution in [-0.4, -0.2) is 33.1 Å². The van der Waals surface area contributed by atoms with E-state index in [2.05, 4.69) is 25.3 Å². The van der Waals surface area contributed by atoms with Crippen LogP contribution in [0.4, 0.5) is 11.5 Å². The van der Waals surface area contributed by atoms with Gasteiger partial charge in [-0.1, -0.05) is 6.92 Å². The van der Waals surface area contributed by atoms with Crippen LogP contribution >= 0.6 is 0 Å². The van der Waals surface area contributed by atoms with E-state index in [1.54, 1.807) is 6.20 Å². The summed E-state index contributed by atoms with van der Waals surface area (Å²) in [5.74, 6) is 2.04. The number of nitrogens with one attached hydrogen (secondary N) is 2. The van der Waals surface area contributed by atoms with Crippen LogP contribution in [0.5, 0.6) is 5.88 Å². The first-order valence-electron chi connectivity index (χ1n) is 6.76. The molecule has 0 aliphatic rings. The molecule has 0 aromatic carbocycles. The zero-order valence-electron chi connectivity index (χ0n) is 11.6. The van der Waals surface area contributed by atoms with E-state index in [0.29, 0.717) is 24.0 Å². The molecular formula is C13H20N6O. The Balaban J connectivity index is 1.82. The zero-order valence-corrected chi connectivity index (χ0v) is 11.6. The summed E-state index contributed by atoms with van der Waals surface area (Å²) >= 11 is 0. The van der Waals surface area contributed by atoms with Crippen molar-refractivity contribution < 1.29 is 4.74 Å². The third kappa shape index (κ3) is 3.84. The molecule has 20 heavy (non-hydrogen) atoms. The third-order valence-electron chi connectivity index (χ3n) is 2.73. The van der Waals surface area contributed by atoms with Crippen molar-refractivity contribution in [2.45, 2.75) is 26.2 Å². The van der Waals surface area contributed by atoms with Gasteiger partial charge in [-0.15, -0.1) is 0 Å². The topological polar surface area (TPSA) is 102 Å². The minimum atomic E-state index is 0.440. The van der Waals surface area contributed by atoms with Crippen molar-refractivity contribution in [2.75, 3.05) is 24.2 Å². The number of hydrogen-bond donors (Lipinski definition) is 3. The van der Waals surface area contributed by atoms with Gasteiger partial charge in [0.15, 0.2) is 5.82 Å². The van der Waals surface area contributed by atoms with Crippen LogP contribution < -0.4 is 15.8 Å². The zero-order chi connectivity index (χ0) is 14.2. The van der Waals surface area contributed by atoms with Gasteiger partial charge < -0.3 is 20.8 Å². The van der Waals surface area contributed by atoms with E-state index in [9.17, 15) is 0 Å². The van der Waals surface area contributed by atoms with E-state index in [0.717, 1.165) is 31.6 Å². The van der Waals surface area contributed by atoms with Crippen LogP contribution in [-0.2, 0) is 6.42 Å². The summed E-state index contributed by atoms with van der Waals surface area (Å²) in [4.78, 5) is 15.4. The third-order valence-corrected chi connectivity index (χ3v) is 2.73.